The number of aryl methyl sites for hydroxylation is 2. The number of urea groups is 1. The molecule has 3 amide bonds. The molecule has 0 saturated carbocycles. The van der Waals surface area contributed by atoms with E-state index >= 15 is 0 Å². The van der Waals surface area contributed by atoms with Crippen LogP contribution in [0.15, 0.2) is 16.6 Å². The van der Waals surface area contributed by atoms with E-state index in [-0.39, 0.29) is 5.91 Å². The molecule has 1 aliphatic heterocycles. The van der Waals surface area contributed by atoms with Crippen LogP contribution in [0.5, 0.6) is 0 Å². The molecule has 0 bridgehead atoms. The minimum Gasteiger partial charge on any atom is -0.278 e. The van der Waals surface area contributed by atoms with E-state index in [0.29, 0.717) is 18.8 Å². The third-order valence-corrected chi connectivity index (χ3v) is 4.28. The van der Waals surface area contributed by atoms with Crippen molar-refractivity contribution >= 4 is 44.6 Å². The van der Waals surface area contributed by atoms with Crippen LogP contribution in [-0.2, 0) is 11.8 Å². The monoisotopic (exact) mass is 336 g/mol. The molecule has 20 heavy (non-hydrogen) atoms. The van der Waals surface area contributed by atoms with Crippen LogP contribution in [-0.4, -0.2) is 28.3 Å². The van der Waals surface area contributed by atoms with E-state index in [1.807, 2.05) is 26.1 Å². The molecule has 104 valence electrons. The van der Waals surface area contributed by atoms with Crippen molar-refractivity contribution in [3.8, 4) is 0 Å². The molecule has 0 spiro atoms. The smallest absolute Gasteiger partial charge is 0.278 e. The van der Waals surface area contributed by atoms with Crippen molar-refractivity contribution < 1.29 is 9.59 Å². The summed E-state index contributed by atoms with van der Waals surface area (Å²) in [5.74, 6) is 0.341. The van der Waals surface area contributed by atoms with Crippen molar-refractivity contribution in [2.45, 2.75) is 13.3 Å². The zero-order chi connectivity index (χ0) is 14.4. The number of rotatable bonds is 1. The topological polar surface area (TPSA) is 67.2 Å². The summed E-state index contributed by atoms with van der Waals surface area (Å²) in [7, 11) is 1.83. The lowest BCUT2D eigenvalue weighted by atomic mass is 10.1. The van der Waals surface area contributed by atoms with Crippen molar-refractivity contribution in [1.29, 1.82) is 0 Å². The Morgan fingerprint density at radius 3 is 2.80 bits per heavy atom. The number of amides is 3. The number of hydrogen-bond donors (Lipinski definition) is 1. The molecule has 2 aromatic rings. The highest BCUT2D eigenvalue weighted by molar-refractivity contribution is 9.10. The molecule has 1 N–H and O–H groups in total. The molecule has 2 heterocycles. The first-order valence-corrected chi connectivity index (χ1v) is 7.01. The molecule has 3 rings (SSSR count). The average molecular weight is 337 g/mol. The van der Waals surface area contributed by atoms with Gasteiger partial charge in [0.05, 0.1) is 5.52 Å². The molecule has 1 aromatic carbocycles. The first kappa shape index (κ1) is 13.1. The molecule has 1 aromatic heterocycles. The van der Waals surface area contributed by atoms with Gasteiger partial charge in [0.2, 0.25) is 5.91 Å². The molecule has 1 aliphatic rings. The maximum atomic E-state index is 11.9. The normalized spacial score (nSPS) is 15.8. The summed E-state index contributed by atoms with van der Waals surface area (Å²) in [5.41, 5.74) is 2.00. The molecule has 1 fully saturated rings. The van der Waals surface area contributed by atoms with Crippen LogP contribution in [0, 0.1) is 6.92 Å². The quantitative estimate of drug-likeness (QED) is 0.866. The van der Waals surface area contributed by atoms with Crippen molar-refractivity contribution in [3.63, 3.8) is 0 Å². The number of fused-ring (bicyclic) bond motifs is 1. The Labute approximate surface area is 123 Å². The predicted octanol–water partition coefficient (Wildman–Crippen LogP) is 2.09. The minimum atomic E-state index is -0.415. The molecular formula is C13H13BrN4O2. The van der Waals surface area contributed by atoms with Gasteiger partial charge in [-0.2, -0.15) is 5.10 Å². The van der Waals surface area contributed by atoms with E-state index in [9.17, 15) is 9.59 Å². The van der Waals surface area contributed by atoms with Crippen molar-refractivity contribution in [2.75, 3.05) is 11.4 Å². The summed E-state index contributed by atoms with van der Waals surface area (Å²) in [6, 6.07) is 3.56. The maximum Gasteiger partial charge on any atom is 0.329 e. The van der Waals surface area contributed by atoms with Gasteiger partial charge in [-0.15, -0.1) is 0 Å². The largest absolute Gasteiger partial charge is 0.329 e. The van der Waals surface area contributed by atoms with E-state index in [1.54, 1.807) is 4.68 Å². The number of benzene rings is 1. The lowest BCUT2D eigenvalue weighted by Gasteiger charge is -2.24. The van der Waals surface area contributed by atoms with Gasteiger partial charge < -0.3 is 0 Å². The summed E-state index contributed by atoms with van der Waals surface area (Å²) in [6.45, 7) is 2.34. The number of nitrogens with one attached hydrogen (secondary N) is 1. The number of carbonyl (C=O) groups excluding carboxylic acids is 2. The van der Waals surface area contributed by atoms with E-state index < -0.39 is 6.03 Å². The van der Waals surface area contributed by atoms with Gasteiger partial charge in [0.15, 0.2) is 5.82 Å². The lowest BCUT2D eigenvalue weighted by Crippen LogP contribution is -2.49. The summed E-state index contributed by atoms with van der Waals surface area (Å²) in [4.78, 5) is 24.7. The highest BCUT2D eigenvalue weighted by Gasteiger charge is 2.28. The number of halogens is 1. The second kappa shape index (κ2) is 4.59. The first-order chi connectivity index (χ1) is 9.47. The standard InChI is InChI=1S/C13H13BrN4O2/c1-7-5-8-10(6-9(7)14)17(2)16-12(8)18-4-3-11(19)15-13(18)20/h5-6H,3-4H2,1-2H3,(H,15,19,20). The van der Waals surface area contributed by atoms with Gasteiger partial charge in [-0.05, 0) is 24.6 Å². The van der Waals surface area contributed by atoms with Gasteiger partial charge in [-0.3, -0.25) is 19.7 Å². The predicted molar refractivity (Wildman–Crippen MR) is 78.7 cm³/mol. The number of imide groups is 1. The van der Waals surface area contributed by atoms with Gasteiger partial charge in [0.1, 0.15) is 0 Å². The zero-order valence-electron chi connectivity index (χ0n) is 11.1. The molecule has 1 saturated heterocycles. The fourth-order valence-electron chi connectivity index (χ4n) is 2.33. The van der Waals surface area contributed by atoms with Crippen LogP contribution < -0.4 is 10.2 Å². The second-order valence-corrected chi connectivity index (χ2v) is 5.68. The molecule has 0 atom stereocenters. The third-order valence-electron chi connectivity index (χ3n) is 3.42. The van der Waals surface area contributed by atoms with Crippen molar-refractivity contribution in [3.05, 3.63) is 22.2 Å². The van der Waals surface area contributed by atoms with Crippen LogP contribution in [0.2, 0.25) is 0 Å². The Bertz CT molecular complexity index is 738. The Morgan fingerprint density at radius 2 is 2.10 bits per heavy atom. The fraction of sp³-hybridized carbons (Fsp3) is 0.308. The number of anilines is 1. The molecule has 0 aliphatic carbocycles. The third kappa shape index (κ3) is 1.98. The molecule has 0 radical (unpaired) electrons. The Hall–Kier alpha value is -1.89. The average Bonchev–Trinajstić information content (AvgIpc) is 2.67. The molecule has 0 unspecified atom stereocenters. The number of carbonyl (C=O) groups is 2. The number of aromatic nitrogens is 2. The summed E-state index contributed by atoms with van der Waals surface area (Å²) in [6.07, 6.45) is 0.291. The van der Waals surface area contributed by atoms with E-state index in [4.69, 9.17) is 0 Å². The van der Waals surface area contributed by atoms with Crippen molar-refractivity contribution in [1.82, 2.24) is 15.1 Å². The van der Waals surface area contributed by atoms with Crippen LogP contribution >= 0.6 is 15.9 Å². The highest BCUT2D eigenvalue weighted by atomic mass is 79.9. The lowest BCUT2D eigenvalue weighted by molar-refractivity contribution is -0.120. The van der Waals surface area contributed by atoms with E-state index in [1.165, 1.54) is 4.90 Å². The SMILES string of the molecule is Cc1cc2c(N3CCC(=O)NC3=O)nn(C)c2cc1Br. The Morgan fingerprint density at radius 1 is 1.35 bits per heavy atom. The summed E-state index contributed by atoms with van der Waals surface area (Å²) < 4.78 is 2.73. The first-order valence-electron chi connectivity index (χ1n) is 6.21. The highest BCUT2D eigenvalue weighted by Crippen LogP contribution is 2.31. The van der Waals surface area contributed by atoms with Gasteiger partial charge in [-0.25, -0.2) is 4.79 Å². The van der Waals surface area contributed by atoms with Gasteiger partial charge >= 0.3 is 6.03 Å². The molecule has 7 heteroatoms. The second-order valence-electron chi connectivity index (χ2n) is 4.82. The number of nitrogens with zero attached hydrogens (tertiary/aromatic N) is 3. The molecule has 6 nitrogen and oxygen atoms in total. The van der Waals surface area contributed by atoms with Crippen LogP contribution in [0.3, 0.4) is 0 Å². The summed E-state index contributed by atoms with van der Waals surface area (Å²) in [5, 5.41) is 7.64. The molecular weight excluding hydrogens is 324 g/mol. The Kier molecular flexibility index (Phi) is 3.01. The van der Waals surface area contributed by atoms with Crippen LogP contribution in [0.25, 0.3) is 10.9 Å². The van der Waals surface area contributed by atoms with Crippen LogP contribution in [0.1, 0.15) is 12.0 Å². The van der Waals surface area contributed by atoms with E-state index in [0.717, 1.165) is 20.9 Å². The number of hydrogen-bond acceptors (Lipinski definition) is 3. The minimum absolute atomic E-state index is 0.245. The maximum absolute atomic E-state index is 11.9. The van der Waals surface area contributed by atoms with Gasteiger partial charge in [-0.1, -0.05) is 15.9 Å². The van der Waals surface area contributed by atoms with Gasteiger partial charge in [0.25, 0.3) is 0 Å². The van der Waals surface area contributed by atoms with Gasteiger partial charge in [0, 0.05) is 29.9 Å². The Balaban J connectivity index is 2.14. The van der Waals surface area contributed by atoms with Crippen LogP contribution in [0.4, 0.5) is 10.6 Å². The summed E-state index contributed by atoms with van der Waals surface area (Å²) >= 11 is 3.50. The van der Waals surface area contributed by atoms with E-state index in [2.05, 4.69) is 26.3 Å². The zero-order valence-corrected chi connectivity index (χ0v) is 12.7. The fourth-order valence-corrected chi connectivity index (χ4v) is 2.66. The van der Waals surface area contributed by atoms with Crippen molar-refractivity contribution in [2.24, 2.45) is 7.05 Å².